The van der Waals surface area contributed by atoms with Gasteiger partial charge in [0.15, 0.2) is 0 Å². The Kier molecular flexibility index (Phi) is 7.06. The summed E-state index contributed by atoms with van der Waals surface area (Å²) in [7, 11) is 0. The van der Waals surface area contributed by atoms with Crippen LogP contribution in [0.2, 0.25) is 0 Å². The minimum absolute atomic E-state index is 0. The van der Waals surface area contributed by atoms with Crippen molar-refractivity contribution in [2.24, 2.45) is 5.73 Å². The smallest absolute Gasteiger partial charge is 0.257 e. The van der Waals surface area contributed by atoms with Crippen LogP contribution in [0.25, 0.3) is 0 Å². The second-order valence-electron chi connectivity index (χ2n) is 4.56. The molecular formula is C15H17BrClFN2O2. The summed E-state index contributed by atoms with van der Waals surface area (Å²) in [6.45, 7) is 2.75. The van der Waals surface area contributed by atoms with Crippen molar-refractivity contribution in [3.05, 3.63) is 57.7 Å². The predicted molar refractivity (Wildman–Crippen MR) is 88.4 cm³/mol. The Hall–Kier alpha value is -1.37. The third-order valence-corrected chi connectivity index (χ3v) is 3.63. The quantitative estimate of drug-likeness (QED) is 0.845. The molecule has 0 aliphatic heterocycles. The van der Waals surface area contributed by atoms with Crippen molar-refractivity contribution in [1.82, 2.24) is 4.90 Å². The molecular weight excluding hydrogens is 375 g/mol. The zero-order chi connectivity index (χ0) is 15.4. The van der Waals surface area contributed by atoms with Gasteiger partial charge in [0.25, 0.3) is 5.91 Å². The van der Waals surface area contributed by atoms with Crippen LogP contribution in [0.5, 0.6) is 0 Å². The molecule has 0 aliphatic rings. The molecule has 0 fully saturated rings. The second kappa shape index (κ2) is 8.31. The number of nitrogens with two attached hydrogens (primary N) is 1. The van der Waals surface area contributed by atoms with E-state index >= 15 is 0 Å². The molecule has 1 aromatic carbocycles. The molecule has 2 aromatic rings. The van der Waals surface area contributed by atoms with Gasteiger partial charge in [-0.1, -0.05) is 15.9 Å². The van der Waals surface area contributed by atoms with Gasteiger partial charge in [0, 0.05) is 23.1 Å². The van der Waals surface area contributed by atoms with Crippen LogP contribution in [0.1, 0.15) is 28.6 Å². The van der Waals surface area contributed by atoms with Crippen molar-refractivity contribution in [2.75, 3.05) is 6.54 Å². The lowest BCUT2D eigenvalue weighted by atomic mass is 10.2. The number of carbonyl (C=O) groups excluding carboxylic acids is 1. The number of furan rings is 1. The van der Waals surface area contributed by atoms with Gasteiger partial charge >= 0.3 is 0 Å². The van der Waals surface area contributed by atoms with Gasteiger partial charge in [0.05, 0.1) is 12.1 Å². The molecule has 0 bridgehead atoms. The Morgan fingerprint density at radius 2 is 2.14 bits per heavy atom. The SMILES string of the molecule is CCN(Cc1cc(Br)ccc1F)C(=O)c1coc(CN)c1.Cl. The summed E-state index contributed by atoms with van der Waals surface area (Å²) in [6, 6.07) is 6.29. The van der Waals surface area contributed by atoms with Gasteiger partial charge in [-0.15, -0.1) is 12.4 Å². The van der Waals surface area contributed by atoms with E-state index in [2.05, 4.69) is 15.9 Å². The summed E-state index contributed by atoms with van der Waals surface area (Å²) in [5, 5.41) is 0. The summed E-state index contributed by atoms with van der Waals surface area (Å²) in [5.41, 5.74) is 6.34. The van der Waals surface area contributed by atoms with Crippen molar-refractivity contribution in [1.29, 1.82) is 0 Å². The number of carbonyl (C=O) groups is 1. The van der Waals surface area contributed by atoms with E-state index in [0.717, 1.165) is 4.47 Å². The Morgan fingerprint density at radius 3 is 2.73 bits per heavy atom. The van der Waals surface area contributed by atoms with E-state index in [0.29, 0.717) is 23.4 Å². The number of benzene rings is 1. The number of hydrogen-bond donors (Lipinski definition) is 1. The Balaban J connectivity index is 0.00000242. The summed E-state index contributed by atoms with van der Waals surface area (Å²) >= 11 is 3.30. The molecule has 2 N–H and O–H groups in total. The van der Waals surface area contributed by atoms with Gasteiger partial charge in [0.2, 0.25) is 0 Å². The molecule has 1 amide bonds. The van der Waals surface area contributed by atoms with Crippen molar-refractivity contribution in [3.8, 4) is 0 Å². The number of halogens is 3. The first-order chi connectivity index (χ1) is 10.0. The Bertz CT molecular complexity index is 648. The normalized spacial score (nSPS) is 10.2. The molecule has 0 aliphatic carbocycles. The summed E-state index contributed by atoms with van der Waals surface area (Å²) in [4.78, 5) is 13.9. The molecule has 1 heterocycles. The standard InChI is InChI=1S/C15H16BrFN2O2.ClH/c1-2-19(8-10-5-12(16)3-4-14(10)17)15(20)11-6-13(7-18)21-9-11;/h3-6,9H,2,7-8,18H2,1H3;1H. The van der Waals surface area contributed by atoms with Gasteiger partial charge in [0.1, 0.15) is 17.8 Å². The molecule has 0 atom stereocenters. The first kappa shape index (κ1) is 18.7. The highest BCUT2D eigenvalue weighted by atomic mass is 79.9. The average Bonchev–Trinajstić information content (AvgIpc) is 2.96. The lowest BCUT2D eigenvalue weighted by Gasteiger charge is -2.20. The first-order valence-corrected chi connectivity index (χ1v) is 7.35. The van der Waals surface area contributed by atoms with E-state index in [4.69, 9.17) is 10.2 Å². The molecule has 0 saturated heterocycles. The van der Waals surface area contributed by atoms with Crippen LogP contribution in [-0.2, 0) is 13.1 Å². The van der Waals surface area contributed by atoms with Crippen LogP contribution >= 0.6 is 28.3 Å². The fraction of sp³-hybridized carbons (Fsp3) is 0.267. The molecule has 22 heavy (non-hydrogen) atoms. The number of nitrogens with zero attached hydrogens (tertiary/aromatic N) is 1. The van der Waals surface area contributed by atoms with E-state index in [-0.39, 0.29) is 37.2 Å². The predicted octanol–water partition coefficient (Wildman–Crippen LogP) is 3.72. The van der Waals surface area contributed by atoms with Crippen LogP contribution in [0.15, 0.2) is 39.4 Å². The highest BCUT2D eigenvalue weighted by Gasteiger charge is 2.18. The summed E-state index contributed by atoms with van der Waals surface area (Å²) < 4.78 is 19.7. The minimum Gasteiger partial charge on any atom is -0.467 e. The van der Waals surface area contributed by atoms with Gasteiger partial charge in [-0.05, 0) is 31.2 Å². The molecule has 0 saturated carbocycles. The number of hydrogen-bond acceptors (Lipinski definition) is 3. The lowest BCUT2D eigenvalue weighted by Crippen LogP contribution is -2.30. The molecule has 1 aromatic heterocycles. The van der Waals surface area contributed by atoms with E-state index < -0.39 is 0 Å². The molecule has 0 unspecified atom stereocenters. The lowest BCUT2D eigenvalue weighted by molar-refractivity contribution is 0.0750. The van der Waals surface area contributed by atoms with Gasteiger partial charge < -0.3 is 15.1 Å². The zero-order valence-electron chi connectivity index (χ0n) is 12.0. The number of amides is 1. The van der Waals surface area contributed by atoms with Crippen LogP contribution in [0.4, 0.5) is 4.39 Å². The minimum atomic E-state index is -0.334. The van der Waals surface area contributed by atoms with E-state index in [1.807, 2.05) is 6.92 Å². The monoisotopic (exact) mass is 390 g/mol. The highest BCUT2D eigenvalue weighted by molar-refractivity contribution is 9.10. The van der Waals surface area contributed by atoms with Crippen LogP contribution < -0.4 is 5.73 Å². The second-order valence-corrected chi connectivity index (χ2v) is 5.48. The molecule has 4 nitrogen and oxygen atoms in total. The summed E-state index contributed by atoms with van der Waals surface area (Å²) in [5.74, 6) is 0.00246. The summed E-state index contributed by atoms with van der Waals surface area (Å²) in [6.07, 6.45) is 1.38. The highest BCUT2D eigenvalue weighted by Crippen LogP contribution is 2.19. The molecule has 7 heteroatoms. The average molecular weight is 392 g/mol. The Labute approximate surface area is 143 Å². The van der Waals surface area contributed by atoms with Crippen molar-refractivity contribution in [3.63, 3.8) is 0 Å². The van der Waals surface area contributed by atoms with E-state index in [9.17, 15) is 9.18 Å². The van der Waals surface area contributed by atoms with Gasteiger partial charge in [-0.3, -0.25) is 4.79 Å². The van der Waals surface area contributed by atoms with Crippen LogP contribution in [0.3, 0.4) is 0 Å². The molecule has 0 radical (unpaired) electrons. The van der Waals surface area contributed by atoms with Crippen molar-refractivity contribution in [2.45, 2.75) is 20.0 Å². The third kappa shape index (κ3) is 4.32. The van der Waals surface area contributed by atoms with Gasteiger partial charge in [-0.25, -0.2) is 4.39 Å². The first-order valence-electron chi connectivity index (χ1n) is 6.55. The molecule has 0 spiro atoms. The Morgan fingerprint density at radius 1 is 1.41 bits per heavy atom. The number of rotatable bonds is 5. The largest absolute Gasteiger partial charge is 0.467 e. The van der Waals surface area contributed by atoms with E-state index in [1.165, 1.54) is 12.3 Å². The third-order valence-electron chi connectivity index (χ3n) is 3.14. The fourth-order valence-electron chi connectivity index (χ4n) is 1.98. The van der Waals surface area contributed by atoms with Gasteiger partial charge in [-0.2, -0.15) is 0 Å². The van der Waals surface area contributed by atoms with E-state index in [1.54, 1.807) is 23.1 Å². The maximum absolute atomic E-state index is 13.8. The fourth-order valence-corrected chi connectivity index (χ4v) is 2.39. The van der Waals surface area contributed by atoms with Crippen LogP contribution in [-0.4, -0.2) is 17.4 Å². The van der Waals surface area contributed by atoms with Crippen molar-refractivity contribution < 1.29 is 13.6 Å². The van der Waals surface area contributed by atoms with Crippen LogP contribution in [0, 0.1) is 5.82 Å². The van der Waals surface area contributed by atoms with Crippen molar-refractivity contribution >= 4 is 34.2 Å². The topological polar surface area (TPSA) is 59.5 Å². The maximum Gasteiger partial charge on any atom is 0.257 e. The maximum atomic E-state index is 13.8. The zero-order valence-corrected chi connectivity index (χ0v) is 14.4. The molecule has 120 valence electrons. The molecule has 2 rings (SSSR count).